The lowest BCUT2D eigenvalue weighted by molar-refractivity contribution is -0.605. The minimum absolute atomic E-state index is 0.0291. The van der Waals surface area contributed by atoms with Crippen molar-refractivity contribution in [2.75, 3.05) is 26.3 Å². The fourth-order valence-corrected chi connectivity index (χ4v) is 2.08. The molecule has 1 fully saturated rings. The van der Waals surface area contributed by atoms with Gasteiger partial charge in [0.2, 0.25) is 0 Å². The van der Waals surface area contributed by atoms with Gasteiger partial charge in [-0.3, -0.25) is 4.90 Å². The molecular formula is C12H18N2O3. The summed E-state index contributed by atoms with van der Waals surface area (Å²) in [6.07, 6.45) is 2.24. The molecule has 1 aliphatic heterocycles. The molecule has 0 amide bonds. The van der Waals surface area contributed by atoms with Crippen LogP contribution in [0.3, 0.4) is 0 Å². The zero-order valence-electron chi connectivity index (χ0n) is 9.95. The van der Waals surface area contributed by atoms with Gasteiger partial charge in [-0.2, -0.15) is 4.73 Å². The highest BCUT2D eigenvalue weighted by molar-refractivity contribution is 5.13. The first-order valence-corrected chi connectivity index (χ1v) is 5.87. The average molecular weight is 238 g/mol. The highest BCUT2D eigenvalue weighted by atomic mass is 16.5. The number of aliphatic hydroxyl groups is 1. The summed E-state index contributed by atoms with van der Waals surface area (Å²) in [6, 6.07) is 3.35. The smallest absolute Gasteiger partial charge is 0.180 e. The predicted octanol–water partition coefficient (Wildman–Crippen LogP) is 0.0741. The van der Waals surface area contributed by atoms with Gasteiger partial charge in [-0.05, 0) is 12.5 Å². The molecule has 1 N–H and O–H groups in total. The summed E-state index contributed by atoms with van der Waals surface area (Å²) >= 11 is 0. The quantitative estimate of drug-likeness (QED) is 0.598. The van der Waals surface area contributed by atoms with Crippen molar-refractivity contribution in [1.82, 2.24) is 4.90 Å². The first-order chi connectivity index (χ1) is 8.18. The van der Waals surface area contributed by atoms with Crippen molar-refractivity contribution in [1.29, 1.82) is 0 Å². The molecule has 17 heavy (non-hydrogen) atoms. The largest absolute Gasteiger partial charge is 0.619 e. The van der Waals surface area contributed by atoms with Crippen LogP contribution in [0, 0.1) is 5.21 Å². The Kier molecular flexibility index (Phi) is 3.93. The Morgan fingerprint density at radius 2 is 1.94 bits per heavy atom. The van der Waals surface area contributed by atoms with E-state index in [1.165, 1.54) is 12.4 Å². The van der Waals surface area contributed by atoms with E-state index >= 15 is 0 Å². The molecule has 5 nitrogen and oxygen atoms in total. The Morgan fingerprint density at radius 1 is 1.35 bits per heavy atom. The van der Waals surface area contributed by atoms with Gasteiger partial charge in [0.1, 0.15) is 0 Å². The first kappa shape index (κ1) is 12.3. The second-order valence-electron chi connectivity index (χ2n) is 4.33. The standard InChI is InChI=1S/C12H18N2O3/c1-10(13-6-8-17-9-7-13)12(15)11-2-4-14(16)5-3-11/h2-5,10,12,15H,6-9H2,1H3/t10-,12+/m0/s1. The average Bonchev–Trinajstić information content (AvgIpc) is 2.39. The molecule has 0 aliphatic carbocycles. The molecule has 0 spiro atoms. The molecule has 94 valence electrons. The third-order valence-electron chi connectivity index (χ3n) is 3.25. The van der Waals surface area contributed by atoms with Gasteiger partial charge in [-0.15, -0.1) is 0 Å². The summed E-state index contributed by atoms with van der Waals surface area (Å²) in [5.41, 5.74) is 0.774. The molecule has 0 radical (unpaired) electrons. The van der Waals surface area contributed by atoms with Crippen LogP contribution in [0.4, 0.5) is 0 Å². The van der Waals surface area contributed by atoms with Crippen LogP contribution in [0.15, 0.2) is 24.5 Å². The van der Waals surface area contributed by atoms with E-state index in [9.17, 15) is 10.3 Å². The SMILES string of the molecule is C[C@@H]([C@@H](O)c1cc[n+]([O-])cc1)N1CCOCC1. The van der Waals surface area contributed by atoms with Crippen molar-refractivity contribution in [3.8, 4) is 0 Å². The molecule has 2 rings (SSSR count). The highest BCUT2D eigenvalue weighted by Gasteiger charge is 2.24. The number of pyridine rings is 1. The topological polar surface area (TPSA) is 59.6 Å². The molecule has 1 aliphatic rings. The van der Waals surface area contributed by atoms with Gasteiger partial charge in [-0.25, -0.2) is 0 Å². The van der Waals surface area contributed by atoms with Crippen LogP contribution in [-0.4, -0.2) is 42.4 Å². The van der Waals surface area contributed by atoms with E-state index < -0.39 is 6.10 Å². The Morgan fingerprint density at radius 3 is 2.53 bits per heavy atom. The normalized spacial score (nSPS) is 21.1. The lowest BCUT2D eigenvalue weighted by atomic mass is 10.0. The number of nitrogens with zero attached hydrogens (tertiary/aromatic N) is 2. The number of aromatic nitrogens is 1. The van der Waals surface area contributed by atoms with Crippen molar-refractivity contribution in [3.05, 3.63) is 35.3 Å². The minimum atomic E-state index is -0.575. The van der Waals surface area contributed by atoms with Crippen LogP contribution in [0.1, 0.15) is 18.6 Å². The van der Waals surface area contributed by atoms with Gasteiger partial charge in [0.05, 0.1) is 19.3 Å². The predicted molar refractivity (Wildman–Crippen MR) is 62.2 cm³/mol. The summed E-state index contributed by atoms with van der Waals surface area (Å²) in [5, 5.41) is 21.2. The van der Waals surface area contributed by atoms with Crippen molar-refractivity contribution >= 4 is 0 Å². The molecule has 0 unspecified atom stereocenters. The van der Waals surface area contributed by atoms with Crippen molar-refractivity contribution in [2.45, 2.75) is 19.1 Å². The number of hydrogen-bond donors (Lipinski definition) is 1. The van der Waals surface area contributed by atoms with E-state index in [0.717, 1.165) is 23.4 Å². The van der Waals surface area contributed by atoms with Crippen molar-refractivity contribution < 1.29 is 14.6 Å². The van der Waals surface area contributed by atoms with Gasteiger partial charge < -0.3 is 15.1 Å². The molecule has 2 heterocycles. The van der Waals surface area contributed by atoms with Crippen molar-refractivity contribution in [2.24, 2.45) is 0 Å². The van der Waals surface area contributed by atoms with Crippen LogP contribution >= 0.6 is 0 Å². The van der Waals surface area contributed by atoms with Crippen LogP contribution < -0.4 is 4.73 Å². The summed E-state index contributed by atoms with van der Waals surface area (Å²) in [5.74, 6) is 0. The minimum Gasteiger partial charge on any atom is -0.619 e. The van der Waals surface area contributed by atoms with Crippen LogP contribution in [-0.2, 0) is 4.74 Å². The van der Waals surface area contributed by atoms with Crippen LogP contribution in [0.25, 0.3) is 0 Å². The van der Waals surface area contributed by atoms with Crippen LogP contribution in [0.2, 0.25) is 0 Å². The van der Waals surface area contributed by atoms with Crippen LogP contribution in [0.5, 0.6) is 0 Å². The number of ether oxygens (including phenoxy) is 1. The molecule has 1 aromatic heterocycles. The van der Waals surface area contributed by atoms with E-state index in [4.69, 9.17) is 4.74 Å². The van der Waals surface area contributed by atoms with Gasteiger partial charge in [0.15, 0.2) is 12.4 Å². The monoisotopic (exact) mass is 238 g/mol. The van der Waals surface area contributed by atoms with E-state index in [0.29, 0.717) is 13.2 Å². The van der Waals surface area contributed by atoms with E-state index in [1.807, 2.05) is 6.92 Å². The summed E-state index contributed by atoms with van der Waals surface area (Å²) in [6.45, 7) is 5.10. The number of rotatable bonds is 3. The fourth-order valence-electron chi connectivity index (χ4n) is 2.08. The molecule has 5 heteroatoms. The van der Waals surface area contributed by atoms with E-state index in [-0.39, 0.29) is 6.04 Å². The maximum Gasteiger partial charge on any atom is 0.180 e. The number of hydrogen-bond acceptors (Lipinski definition) is 4. The molecule has 2 atom stereocenters. The summed E-state index contributed by atoms with van der Waals surface area (Å²) in [4.78, 5) is 2.20. The lowest BCUT2D eigenvalue weighted by Gasteiger charge is -2.34. The third kappa shape index (κ3) is 2.94. The first-order valence-electron chi connectivity index (χ1n) is 5.87. The third-order valence-corrected chi connectivity index (χ3v) is 3.25. The molecule has 1 aromatic rings. The lowest BCUT2D eigenvalue weighted by Crippen LogP contribution is -2.44. The Hall–Kier alpha value is -1.17. The summed E-state index contributed by atoms with van der Waals surface area (Å²) < 4.78 is 6.00. The molecule has 0 bridgehead atoms. The number of aliphatic hydroxyl groups excluding tert-OH is 1. The Balaban J connectivity index is 2.02. The molecular weight excluding hydrogens is 220 g/mol. The second kappa shape index (κ2) is 5.44. The highest BCUT2D eigenvalue weighted by Crippen LogP contribution is 2.20. The van der Waals surface area contributed by atoms with Gasteiger partial charge in [0.25, 0.3) is 0 Å². The summed E-state index contributed by atoms with van der Waals surface area (Å²) in [7, 11) is 0. The van der Waals surface area contributed by atoms with Gasteiger partial charge in [-0.1, -0.05) is 0 Å². The van der Waals surface area contributed by atoms with Gasteiger partial charge in [0, 0.05) is 31.3 Å². The number of morpholine rings is 1. The van der Waals surface area contributed by atoms with E-state index in [2.05, 4.69) is 4.90 Å². The zero-order chi connectivity index (χ0) is 12.3. The Bertz CT molecular complexity index is 349. The van der Waals surface area contributed by atoms with Crippen molar-refractivity contribution in [3.63, 3.8) is 0 Å². The maximum atomic E-state index is 10.9. The second-order valence-corrected chi connectivity index (χ2v) is 4.33. The van der Waals surface area contributed by atoms with E-state index in [1.54, 1.807) is 12.1 Å². The Labute approximate surface area is 101 Å². The molecule has 1 saturated heterocycles. The van der Waals surface area contributed by atoms with Gasteiger partial charge >= 0.3 is 0 Å². The zero-order valence-corrected chi connectivity index (χ0v) is 9.95. The molecule has 0 aromatic carbocycles. The molecule has 0 saturated carbocycles. The fraction of sp³-hybridized carbons (Fsp3) is 0.583. The maximum absolute atomic E-state index is 10.9.